The first kappa shape index (κ1) is 28.6. The predicted octanol–water partition coefficient (Wildman–Crippen LogP) is 5.93. The zero-order chi connectivity index (χ0) is 28.0. The number of benzene rings is 2. The number of nitrogens with zero attached hydrogens (tertiary/aromatic N) is 4. The first-order valence-electron chi connectivity index (χ1n) is 13.6. The van der Waals surface area contributed by atoms with Crippen molar-refractivity contribution in [3.05, 3.63) is 77.1 Å². The molecule has 0 unspecified atom stereocenters. The normalized spacial score (nSPS) is 14.5. The number of rotatable bonds is 9. The maximum absolute atomic E-state index is 14.1. The number of carbonyl (C=O) groups is 2. The molecule has 0 spiro atoms. The van der Waals surface area contributed by atoms with E-state index < -0.39 is 5.54 Å². The van der Waals surface area contributed by atoms with E-state index in [1.807, 2.05) is 87.1 Å². The number of aryl methyl sites for hydroxylation is 3. The van der Waals surface area contributed by atoms with Crippen molar-refractivity contribution in [1.29, 1.82) is 0 Å². The molecule has 4 rings (SSSR count). The molecule has 0 saturated heterocycles. The summed E-state index contributed by atoms with van der Waals surface area (Å²) >= 11 is 1.33. The van der Waals surface area contributed by atoms with Crippen LogP contribution in [0, 0.1) is 20.8 Å². The average molecular weight is 546 g/mol. The van der Waals surface area contributed by atoms with Gasteiger partial charge >= 0.3 is 0 Å². The Morgan fingerprint density at radius 3 is 2.10 bits per heavy atom. The van der Waals surface area contributed by atoms with Crippen LogP contribution in [0.1, 0.15) is 54.6 Å². The van der Waals surface area contributed by atoms with Gasteiger partial charge in [-0.15, -0.1) is 0 Å². The topological polar surface area (TPSA) is 78.4 Å². The molecule has 0 aliphatic heterocycles. The van der Waals surface area contributed by atoms with Crippen molar-refractivity contribution in [1.82, 2.24) is 14.9 Å². The Balaban J connectivity index is 1.64. The first-order valence-corrected chi connectivity index (χ1v) is 14.5. The zero-order valence-electron chi connectivity index (χ0n) is 23.7. The van der Waals surface area contributed by atoms with E-state index in [0.29, 0.717) is 24.5 Å². The Morgan fingerprint density at radius 1 is 0.897 bits per heavy atom. The standard InChI is InChI=1S/C31H39N5O2S/c1-22-9-11-25(12-10-22)20-36(28(37)21-39-30-32-23(2)19-24(3)33-30)31(17-7-6-8-18-31)29(38)34-26-13-15-27(16-14-26)35(4)5/h9-16,19H,6-8,17-18,20-21H2,1-5H3,(H,34,38). The maximum Gasteiger partial charge on any atom is 0.250 e. The summed E-state index contributed by atoms with van der Waals surface area (Å²) in [5, 5.41) is 3.74. The molecule has 1 saturated carbocycles. The first-order chi connectivity index (χ1) is 18.7. The van der Waals surface area contributed by atoms with Crippen LogP contribution in [0.4, 0.5) is 11.4 Å². The van der Waals surface area contributed by atoms with Crippen molar-refractivity contribution in [2.24, 2.45) is 0 Å². The van der Waals surface area contributed by atoms with Crippen LogP contribution in [0.15, 0.2) is 59.8 Å². The largest absolute Gasteiger partial charge is 0.378 e. The summed E-state index contributed by atoms with van der Waals surface area (Å²) in [6.07, 6.45) is 4.13. The van der Waals surface area contributed by atoms with E-state index in [0.717, 1.165) is 53.2 Å². The summed E-state index contributed by atoms with van der Waals surface area (Å²) in [7, 11) is 3.97. The molecule has 0 bridgehead atoms. The minimum atomic E-state index is -0.926. The number of anilines is 2. The predicted molar refractivity (Wildman–Crippen MR) is 159 cm³/mol. The van der Waals surface area contributed by atoms with Gasteiger partial charge in [0.15, 0.2) is 5.16 Å². The van der Waals surface area contributed by atoms with E-state index in [4.69, 9.17) is 0 Å². The van der Waals surface area contributed by atoms with Crippen LogP contribution in [0.5, 0.6) is 0 Å². The smallest absolute Gasteiger partial charge is 0.250 e. The minimum absolute atomic E-state index is 0.0802. The van der Waals surface area contributed by atoms with Crippen LogP contribution in [0.2, 0.25) is 0 Å². The van der Waals surface area contributed by atoms with Gasteiger partial charge in [-0.25, -0.2) is 9.97 Å². The molecular weight excluding hydrogens is 506 g/mol. The second-order valence-corrected chi connectivity index (χ2v) is 11.6. The van der Waals surface area contributed by atoms with Crippen molar-refractivity contribution >= 4 is 35.0 Å². The lowest BCUT2D eigenvalue weighted by Gasteiger charge is -2.45. The Hall–Kier alpha value is -3.39. The quantitative estimate of drug-likeness (QED) is 0.265. The highest BCUT2D eigenvalue weighted by Gasteiger charge is 2.47. The van der Waals surface area contributed by atoms with Crippen molar-refractivity contribution in [3.8, 4) is 0 Å². The van der Waals surface area contributed by atoms with Gasteiger partial charge in [0, 0.05) is 43.4 Å². The Morgan fingerprint density at radius 2 is 1.51 bits per heavy atom. The van der Waals surface area contributed by atoms with Crippen LogP contribution in [-0.2, 0) is 16.1 Å². The highest BCUT2D eigenvalue weighted by atomic mass is 32.2. The van der Waals surface area contributed by atoms with Gasteiger partial charge < -0.3 is 15.1 Å². The molecule has 0 atom stereocenters. The van der Waals surface area contributed by atoms with E-state index in [-0.39, 0.29) is 17.6 Å². The van der Waals surface area contributed by atoms with Gasteiger partial charge in [0.1, 0.15) is 5.54 Å². The minimum Gasteiger partial charge on any atom is -0.378 e. The number of amides is 2. The summed E-state index contributed by atoms with van der Waals surface area (Å²) in [5.41, 5.74) is 4.78. The van der Waals surface area contributed by atoms with Gasteiger partial charge in [-0.05, 0) is 69.5 Å². The summed E-state index contributed by atoms with van der Waals surface area (Å²) < 4.78 is 0. The molecule has 39 heavy (non-hydrogen) atoms. The third-order valence-electron chi connectivity index (χ3n) is 7.31. The van der Waals surface area contributed by atoms with Crippen LogP contribution < -0.4 is 10.2 Å². The third kappa shape index (κ3) is 7.18. The number of hydrogen-bond acceptors (Lipinski definition) is 6. The fraction of sp³-hybridized carbons (Fsp3) is 0.419. The van der Waals surface area contributed by atoms with Gasteiger partial charge in [0.05, 0.1) is 5.75 Å². The zero-order valence-corrected chi connectivity index (χ0v) is 24.5. The number of aromatic nitrogens is 2. The lowest BCUT2D eigenvalue weighted by Crippen LogP contribution is -2.60. The van der Waals surface area contributed by atoms with Gasteiger partial charge in [-0.1, -0.05) is 60.9 Å². The van der Waals surface area contributed by atoms with Gasteiger partial charge in [-0.2, -0.15) is 0 Å². The lowest BCUT2D eigenvalue weighted by atomic mass is 9.79. The average Bonchev–Trinajstić information content (AvgIpc) is 2.91. The maximum atomic E-state index is 14.1. The molecule has 1 N–H and O–H groups in total. The second-order valence-electron chi connectivity index (χ2n) is 10.7. The lowest BCUT2D eigenvalue weighted by molar-refractivity contribution is -0.146. The van der Waals surface area contributed by atoms with Gasteiger partial charge in [-0.3, -0.25) is 9.59 Å². The molecule has 1 aliphatic carbocycles. The Labute approximate surface area is 236 Å². The Kier molecular flexibility index (Phi) is 9.28. The summed E-state index contributed by atoms with van der Waals surface area (Å²) in [4.78, 5) is 41.0. The number of nitrogens with one attached hydrogen (secondary N) is 1. The highest BCUT2D eigenvalue weighted by Crippen LogP contribution is 2.37. The van der Waals surface area contributed by atoms with Gasteiger partial charge in [0.25, 0.3) is 0 Å². The summed E-state index contributed by atoms with van der Waals surface area (Å²) in [6, 6.07) is 17.9. The van der Waals surface area contributed by atoms with E-state index in [1.54, 1.807) is 0 Å². The molecule has 7 nitrogen and oxygen atoms in total. The van der Waals surface area contributed by atoms with Crippen molar-refractivity contribution in [2.75, 3.05) is 30.1 Å². The molecule has 1 aliphatic rings. The van der Waals surface area contributed by atoms with E-state index in [2.05, 4.69) is 27.4 Å². The molecule has 1 aromatic heterocycles. The molecule has 2 amide bonds. The number of hydrogen-bond donors (Lipinski definition) is 1. The molecule has 3 aromatic rings. The molecule has 0 radical (unpaired) electrons. The highest BCUT2D eigenvalue weighted by molar-refractivity contribution is 7.99. The fourth-order valence-corrected chi connectivity index (χ4v) is 5.99. The second kappa shape index (κ2) is 12.6. The fourth-order valence-electron chi connectivity index (χ4n) is 5.16. The molecule has 1 heterocycles. The molecule has 8 heteroatoms. The van der Waals surface area contributed by atoms with E-state index in [1.165, 1.54) is 11.8 Å². The van der Waals surface area contributed by atoms with Crippen molar-refractivity contribution in [3.63, 3.8) is 0 Å². The molecule has 2 aromatic carbocycles. The summed E-state index contributed by atoms with van der Waals surface area (Å²) in [5.74, 6) is -0.0299. The molecule has 1 fully saturated rings. The number of thioether (sulfide) groups is 1. The van der Waals surface area contributed by atoms with E-state index >= 15 is 0 Å². The van der Waals surface area contributed by atoms with Crippen LogP contribution in [-0.4, -0.2) is 52.1 Å². The van der Waals surface area contributed by atoms with Crippen LogP contribution in [0.3, 0.4) is 0 Å². The van der Waals surface area contributed by atoms with Crippen LogP contribution >= 0.6 is 11.8 Å². The third-order valence-corrected chi connectivity index (χ3v) is 8.14. The Bertz CT molecular complexity index is 1270. The van der Waals surface area contributed by atoms with Crippen molar-refractivity contribution < 1.29 is 9.59 Å². The van der Waals surface area contributed by atoms with Crippen LogP contribution in [0.25, 0.3) is 0 Å². The van der Waals surface area contributed by atoms with Crippen molar-refractivity contribution in [2.45, 2.75) is 70.1 Å². The monoisotopic (exact) mass is 545 g/mol. The molecular formula is C31H39N5O2S. The SMILES string of the molecule is Cc1ccc(CN(C(=O)CSc2nc(C)cc(C)n2)C2(C(=O)Nc3ccc(N(C)C)cc3)CCCCC2)cc1. The van der Waals surface area contributed by atoms with Gasteiger partial charge in [0.2, 0.25) is 11.8 Å². The molecule has 206 valence electrons. The number of carbonyl (C=O) groups excluding carboxylic acids is 2. The summed E-state index contributed by atoms with van der Waals surface area (Å²) in [6.45, 7) is 6.28. The van der Waals surface area contributed by atoms with E-state index in [9.17, 15) is 9.59 Å².